The van der Waals surface area contributed by atoms with Crippen molar-refractivity contribution in [3.8, 4) is 5.75 Å². The maximum Gasteiger partial charge on any atom is 0.573 e. The van der Waals surface area contributed by atoms with E-state index in [4.69, 9.17) is 0 Å². The van der Waals surface area contributed by atoms with Gasteiger partial charge in [-0.05, 0) is 43.2 Å². The molecule has 3 rings (SSSR count). The third-order valence-electron chi connectivity index (χ3n) is 4.31. The lowest BCUT2D eigenvalue weighted by Gasteiger charge is -2.30. The van der Waals surface area contributed by atoms with E-state index >= 15 is 0 Å². The summed E-state index contributed by atoms with van der Waals surface area (Å²) in [5.41, 5.74) is 1.72. The summed E-state index contributed by atoms with van der Waals surface area (Å²) in [5.74, 6) is -0.352. The van der Waals surface area contributed by atoms with Gasteiger partial charge in [0.25, 0.3) is 0 Å². The van der Waals surface area contributed by atoms with Gasteiger partial charge in [-0.25, -0.2) is 9.78 Å². The predicted molar refractivity (Wildman–Crippen MR) is 99.6 cm³/mol. The summed E-state index contributed by atoms with van der Waals surface area (Å²) >= 11 is 0. The summed E-state index contributed by atoms with van der Waals surface area (Å²) in [5, 5.41) is 5.47. The zero-order valence-corrected chi connectivity index (χ0v) is 15.7. The van der Waals surface area contributed by atoms with Crippen LogP contribution >= 0.6 is 0 Å². The van der Waals surface area contributed by atoms with Crippen LogP contribution in [0, 0.1) is 6.92 Å². The molecule has 2 N–H and O–H groups in total. The van der Waals surface area contributed by atoms with Crippen molar-refractivity contribution in [2.75, 3.05) is 16.8 Å². The summed E-state index contributed by atoms with van der Waals surface area (Å²) in [6.45, 7) is 3.40. The minimum atomic E-state index is -4.77. The molecule has 1 unspecified atom stereocenters. The van der Waals surface area contributed by atoms with E-state index in [2.05, 4.69) is 20.4 Å². The molecule has 1 atom stereocenters. The highest BCUT2D eigenvalue weighted by molar-refractivity contribution is 6.08. The van der Waals surface area contributed by atoms with Gasteiger partial charge >= 0.3 is 12.4 Å². The van der Waals surface area contributed by atoms with E-state index in [1.807, 2.05) is 6.92 Å². The van der Waals surface area contributed by atoms with E-state index in [1.165, 1.54) is 29.2 Å². The molecule has 7 nitrogen and oxygen atoms in total. The van der Waals surface area contributed by atoms with Gasteiger partial charge in [0.05, 0.1) is 11.7 Å². The van der Waals surface area contributed by atoms with E-state index in [9.17, 15) is 22.8 Å². The standard InChI is InChI=1S/C19H19F3N4O3/c1-3-14(12-5-7-13(8-6-12)29-19(20,21)22)25-18(28)26-10-16(27)24-15-9-4-11(2)23-17(15)26/h4-9,14H,3,10H2,1-2H3,(H,24,27)(H,25,28). The first-order chi connectivity index (χ1) is 13.7. The van der Waals surface area contributed by atoms with Crippen molar-refractivity contribution in [2.24, 2.45) is 0 Å². The van der Waals surface area contributed by atoms with E-state index in [1.54, 1.807) is 19.1 Å². The molecule has 2 aromatic rings. The van der Waals surface area contributed by atoms with Crippen LogP contribution in [0.25, 0.3) is 0 Å². The van der Waals surface area contributed by atoms with Gasteiger partial charge in [0.2, 0.25) is 5.91 Å². The number of halogens is 3. The van der Waals surface area contributed by atoms with E-state index < -0.39 is 18.4 Å². The van der Waals surface area contributed by atoms with E-state index in [-0.39, 0.29) is 18.2 Å². The molecule has 0 saturated heterocycles. The van der Waals surface area contributed by atoms with Crippen molar-refractivity contribution in [3.05, 3.63) is 47.7 Å². The highest BCUT2D eigenvalue weighted by Crippen LogP contribution is 2.29. The number of urea groups is 1. The fourth-order valence-corrected chi connectivity index (χ4v) is 2.97. The second-order valence-corrected chi connectivity index (χ2v) is 6.49. The number of alkyl halides is 3. The van der Waals surface area contributed by atoms with Gasteiger partial charge in [0.15, 0.2) is 5.82 Å². The average Bonchev–Trinajstić information content (AvgIpc) is 2.65. The number of nitrogens with zero attached hydrogens (tertiary/aromatic N) is 2. The van der Waals surface area contributed by atoms with Gasteiger partial charge in [0, 0.05) is 5.69 Å². The lowest BCUT2D eigenvalue weighted by atomic mass is 10.0. The third kappa shape index (κ3) is 4.95. The van der Waals surface area contributed by atoms with E-state index in [0.29, 0.717) is 29.2 Å². The molecular weight excluding hydrogens is 389 g/mol. The van der Waals surface area contributed by atoms with Crippen molar-refractivity contribution in [1.29, 1.82) is 0 Å². The quantitative estimate of drug-likeness (QED) is 0.804. The number of hydrogen-bond acceptors (Lipinski definition) is 4. The van der Waals surface area contributed by atoms with Crippen LogP contribution in [0.3, 0.4) is 0 Å². The number of aromatic nitrogens is 1. The number of anilines is 2. The molecule has 3 amide bonds. The Balaban J connectivity index is 1.77. The number of hydrogen-bond donors (Lipinski definition) is 2. The van der Waals surface area contributed by atoms with Crippen molar-refractivity contribution < 1.29 is 27.5 Å². The molecule has 1 aromatic carbocycles. The molecule has 2 heterocycles. The van der Waals surface area contributed by atoms with Crippen molar-refractivity contribution >= 4 is 23.4 Å². The number of benzene rings is 1. The van der Waals surface area contributed by atoms with Gasteiger partial charge in [-0.3, -0.25) is 9.69 Å². The predicted octanol–water partition coefficient (Wildman–Crippen LogP) is 3.91. The third-order valence-corrected chi connectivity index (χ3v) is 4.31. The summed E-state index contributed by atoms with van der Waals surface area (Å²) < 4.78 is 40.8. The Kier molecular flexibility index (Phi) is 5.62. The largest absolute Gasteiger partial charge is 0.573 e. The van der Waals surface area contributed by atoms with Gasteiger partial charge in [-0.1, -0.05) is 19.1 Å². The Morgan fingerprint density at radius 3 is 2.59 bits per heavy atom. The molecule has 1 aromatic heterocycles. The maximum absolute atomic E-state index is 12.8. The summed E-state index contributed by atoms with van der Waals surface area (Å²) in [7, 11) is 0. The average molecular weight is 408 g/mol. The van der Waals surface area contributed by atoms with Crippen LogP contribution in [0.15, 0.2) is 36.4 Å². The highest BCUT2D eigenvalue weighted by Gasteiger charge is 2.32. The monoisotopic (exact) mass is 408 g/mol. The fourth-order valence-electron chi connectivity index (χ4n) is 2.97. The maximum atomic E-state index is 12.8. The van der Waals surface area contributed by atoms with Crippen LogP contribution in [-0.4, -0.2) is 29.8 Å². The molecule has 0 radical (unpaired) electrons. The smallest absolute Gasteiger partial charge is 0.406 e. The first-order valence-electron chi connectivity index (χ1n) is 8.87. The molecule has 0 saturated carbocycles. The van der Waals surface area contributed by atoms with Crippen molar-refractivity contribution in [1.82, 2.24) is 10.3 Å². The molecule has 29 heavy (non-hydrogen) atoms. The first-order valence-corrected chi connectivity index (χ1v) is 8.87. The molecule has 0 aliphatic carbocycles. The van der Waals surface area contributed by atoms with E-state index in [0.717, 1.165) is 0 Å². The molecule has 0 spiro atoms. The fraction of sp³-hybridized carbons (Fsp3) is 0.316. The Bertz CT molecular complexity index is 916. The van der Waals surface area contributed by atoms with Crippen LogP contribution < -0.4 is 20.3 Å². The van der Waals surface area contributed by atoms with Gasteiger partial charge in [-0.2, -0.15) is 0 Å². The number of ether oxygens (including phenoxy) is 1. The lowest BCUT2D eigenvalue weighted by Crippen LogP contribution is -2.48. The number of nitrogens with one attached hydrogen (secondary N) is 2. The minimum absolute atomic E-state index is 0.190. The van der Waals surface area contributed by atoms with Crippen LogP contribution in [0.5, 0.6) is 5.75 Å². The molecule has 0 bridgehead atoms. The lowest BCUT2D eigenvalue weighted by molar-refractivity contribution is -0.274. The van der Waals surface area contributed by atoms with Crippen LogP contribution in [0.1, 0.15) is 30.6 Å². The van der Waals surface area contributed by atoms with Crippen LogP contribution in [0.2, 0.25) is 0 Å². The summed E-state index contributed by atoms with van der Waals surface area (Å²) in [4.78, 5) is 30.3. The molecule has 10 heteroatoms. The second-order valence-electron chi connectivity index (χ2n) is 6.49. The minimum Gasteiger partial charge on any atom is -0.406 e. The molecule has 1 aliphatic heterocycles. The van der Waals surface area contributed by atoms with Crippen molar-refractivity contribution in [2.45, 2.75) is 32.7 Å². The summed E-state index contributed by atoms with van der Waals surface area (Å²) in [6, 6.07) is 7.68. The normalized spacial score (nSPS) is 14.7. The number of carbonyl (C=O) groups excluding carboxylic acids is 2. The number of rotatable bonds is 4. The van der Waals surface area contributed by atoms with Crippen molar-refractivity contribution in [3.63, 3.8) is 0 Å². The van der Waals surface area contributed by atoms with Gasteiger partial charge in [0.1, 0.15) is 12.3 Å². The molecule has 1 aliphatic rings. The SMILES string of the molecule is CCC(NC(=O)N1CC(=O)Nc2ccc(C)nc21)c1ccc(OC(F)(F)F)cc1. The first kappa shape index (κ1) is 20.4. The zero-order valence-electron chi connectivity index (χ0n) is 15.7. The number of amides is 3. The van der Waals surface area contributed by atoms with Crippen LogP contribution in [0.4, 0.5) is 29.5 Å². The molecular formula is C19H19F3N4O3. The topological polar surface area (TPSA) is 83.6 Å². The second kappa shape index (κ2) is 7.98. The Morgan fingerprint density at radius 1 is 1.28 bits per heavy atom. The molecule has 154 valence electrons. The molecule has 0 fully saturated rings. The summed E-state index contributed by atoms with van der Waals surface area (Å²) in [6.07, 6.45) is -4.29. The highest BCUT2D eigenvalue weighted by atomic mass is 19.4. The Hall–Kier alpha value is -3.30. The number of carbonyl (C=O) groups is 2. The number of pyridine rings is 1. The van der Waals surface area contributed by atoms with Gasteiger partial charge in [-0.15, -0.1) is 13.2 Å². The Labute approximate surface area is 164 Å². The number of aryl methyl sites for hydroxylation is 1. The number of fused-ring (bicyclic) bond motifs is 1. The van der Waals surface area contributed by atoms with Crippen LogP contribution in [-0.2, 0) is 4.79 Å². The zero-order chi connectivity index (χ0) is 21.2. The Morgan fingerprint density at radius 2 is 1.97 bits per heavy atom. The van der Waals surface area contributed by atoms with Gasteiger partial charge < -0.3 is 15.4 Å².